The topological polar surface area (TPSA) is 77.7 Å². The van der Waals surface area contributed by atoms with Gasteiger partial charge in [-0.25, -0.2) is 9.80 Å². The molecular formula is C14H17N3O3. The van der Waals surface area contributed by atoms with E-state index in [1.807, 2.05) is 30.3 Å². The van der Waals surface area contributed by atoms with E-state index in [4.69, 9.17) is 9.52 Å². The second kappa shape index (κ2) is 5.52. The van der Waals surface area contributed by atoms with E-state index in [9.17, 15) is 4.79 Å². The van der Waals surface area contributed by atoms with Crippen LogP contribution < -0.4 is 10.7 Å². The Morgan fingerprint density at radius 1 is 1.45 bits per heavy atom. The van der Waals surface area contributed by atoms with Crippen molar-refractivity contribution in [1.82, 2.24) is 15.8 Å². The van der Waals surface area contributed by atoms with Gasteiger partial charge in [0.25, 0.3) is 0 Å². The molecule has 1 atom stereocenters. The molecular weight excluding hydrogens is 258 g/mol. The smallest absolute Gasteiger partial charge is 0.419 e. The Balaban J connectivity index is 1.74. The summed E-state index contributed by atoms with van der Waals surface area (Å²) >= 11 is 0. The molecule has 1 fully saturated rings. The van der Waals surface area contributed by atoms with Crippen LogP contribution in [-0.4, -0.2) is 41.9 Å². The van der Waals surface area contributed by atoms with Crippen molar-refractivity contribution in [3.8, 4) is 11.3 Å². The zero-order valence-corrected chi connectivity index (χ0v) is 11.0. The molecule has 106 valence electrons. The molecule has 0 bridgehead atoms. The number of fused-ring (bicyclic) bond motifs is 1. The van der Waals surface area contributed by atoms with Crippen LogP contribution in [0.15, 0.2) is 34.7 Å². The molecule has 0 aromatic rings. The van der Waals surface area contributed by atoms with E-state index in [0.717, 1.165) is 30.2 Å². The lowest BCUT2D eigenvalue weighted by molar-refractivity contribution is 0.0850. The van der Waals surface area contributed by atoms with Gasteiger partial charge in [-0.2, -0.15) is 0 Å². The molecule has 2 heterocycles. The van der Waals surface area contributed by atoms with Gasteiger partial charge in [-0.1, -0.05) is 12.1 Å². The number of hydrogen-bond donors (Lipinski definition) is 3. The first-order valence-electron chi connectivity index (χ1n) is 6.67. The lowest BCUT2D eigenvalue weighted by Gasteiger charge is -2.35. The monoisotopic (exact) mass is 275 g/mol. The fourth-order valence-electron chi connectivity index (χ4n) is 2.56. The highest BCUT2D eigenvalue weighted by Gasteiger charge is 2.24. The summed E-state index contributed by atoms with van der Waals surface area (Å²) in [6.07, 6.45) is -0.366. The van der Waals surface area contributed by atoms with E-state index >= 15 is 0 Å². The van der Waals surface area contributed by atoms with Gasteiger partial charge in [0.15, 0.2) is 0 Å². The number of hydrogen-bond acceptors (Lipinski definition) is 4. The van der Waals surface area contributed by atoms with Gasteiger partial charge in [0.2, 0.25) is 0 Å². The highest BCUT2D eigenvalue weighted by atomic mass is 16.4. The van der Waals surface area contributed by atoms with Crippen molar-refractivity contribution in [2.75, 3.05) is 19.6 Å². The van der Waals surface area contributed by atoms with Crippen molar-refractivity contribution in [1.29, 1.82) is 0 Å². The van der Waals surface area contributed by atoms with Gasteiger partial charge in [-0.3, -0.25) is 5.43 Å². The molecule has 0 spiro atoms. The van der Waals surface area contributed by atoms with E-state index in [1.165, 1.54) is 0 Å². The largest absolute Gasteiger partial charge is 0.464 e. The highest BCUT2D eigenvalue weighted by molar-refractivity contribution is 5.63. The predicted octanol–water partition coefficient (Wildman–Crippen LogP) is 1.38. The van der Waals surface area contributed by atoms with Crippen LogP contribution in [0.2, 0.25) is 0 Å². The second-order valence-corrected chi connectivity index (χ2v) is 4.92. The first kappa shape index (κ1) is 13.0. The SMILES string of the molecule is O=C(O)NN1CCNCC1Cc1ccc2cccc-2o1. The third-order valence-corrected chi connectivity index (χ3v) is 3.52. The Bertz CT molecular complexity index is 569. The van der Waals surface area contributed by atoms with Crippen LogP contribution in [0.5, 0.6) is 0 Å². The van der Waals surface area contributed by atoms with Gasteiger partial charge >= 0.3 is 6.09 Å². The molecule has 1 amide bonds. The van der Waals surface area contributed by atoms with Crippen LogP contribution in [0.3, 0.4) is 0 Å². The number of carbonyl (C=O) groups is 1. The maximum Gasteiger partial charge on any atom is 0.419 e. The number of nitrogens with one attached hydrogen (secondary N) is 2. The maximum atomic E-state index is 10.8. The average Bonchev–Trinajstić information content (AvgIpc) is 2.88. The Kier molecular flexibility index (Phi) is 3.58. The third-order valence-electron chi connectivity index (χ3n) is 3.52. The van der Waals surface area contributed by atoms with Crippen molar-refractivity contribution >= 4 is 6.09 Å². The second-order valence-electron chi connectivity index (χ2n) is 4.92. The third kappa shape index (κ3) is 2.76. The summed E-state index contributed by atoms with van der Waals surface area (Å²) < 4.78 is 5.83. The molecule has 2 aliphatic heterocycles. The molecule has 20 heavy (non-hydrogen) atoms. The summed E-state index contributed by atoms with van der Waals surface area (Å²) in [5.41, 5.74) is 3.53. The molecule has 0 radical (unpaired) electrons. The quantitative estimate of drug-likeness (QED) is 0.789. The fourth-order valence-corrected chi connectivity index (χ4v) is 2.56. The normalized spacial score (nSPS) is 20.1. The van der Waals surface area contributed by atoms with Crippen molar-refractivity contribution in [3.63, 3.8) is 0 Å². The molecule has 3 N–H and O–H groups in total. The van der Waals surface area contributed by atoms with Crippen molar-refractivity contribution < 1.29 is 14.3 Å². The van der Waals surface area contributed by atoms with Gasteiger partial charge < -0.3 is 14.8 Å². The van der Waals surface area contributed by atoms with Gasteiger partial charge in [0.1, 0.15) is 11.5 Å². The van der Waals surface area contributed by atoms with E-state index in [1.54, 1.807) is 5.01 Å². The molecule has 1 aliphatic carbocycles. The highest BCUT2D eigenvalue weighted by Crippen LogP contribution is 2.24. The molecule has 6 heteroatoms. The van der Waals surface area contributed by atoms with Gasteiger partial charge in [-0.05, 0) is 18.2 Å². The zero-order chi connectivity index (χ0) is 13.9. The summed E-state index contributed by atoms with van der Waals surface area (Å²) in [5, 5.41) is 13.9. The van der Waals surface area contributed by atoms with Crippen molar-refractivity contribution in [2.45, 2.75) is 12.5 Å². The van der Waals surface area contributed by atoms with Gasteiger partial charge in [0, 0.05) is 37.7 Å². The number of rotatable bonds is 3. The molecule has 0 saturated carbocycles. The predicted molar refractivity (Wildman–Crippen MR) is 73.6 cm³/mol. The fraction of sp³-hybridized carbons (Fsp3) is 0.357. The van der Waals surface area contributed by atoms with Crippen molar-refractivity contribution in [3.05, 3.63) is 36.1 Å². The molecule has 1 saturated heterocycles. The van der Waals surface area contributed by atoms with E-state index in [0.29, 0.717) is 13.0 Å². The Hall–Kier alpha value is -2.05. The number of piperazine rings is 1. The molecule has 3 aliphatic rings. The summed E-state index contributed by atoms with van der Waals surface area (Å²) in [6.45, 7) is 2.15. The molecule has 3 rings (SSSR count). The van der Waals surface area contributed by atoms with E-state index in [-0.39, 0.29) is 6.04 Å². The minimum atomic E-state index is -1.03. The van der Waals surface area contributed by atoms with Crippen LogP contribution in [-0.2, 0) is 6.42 Å². The van der Waals surface area contributed by atoms with Crippen LogP contribution in [0, 0.1) is 0 Å². The Morgan fingerprint density at radius 2 is 2.35 bits per heavy atom. The summed E-state index contributed by atoms with van der Waals surface area (Å²) in [4.78, 5) is 10.8. The number of amides is 1. The number of nitrogens with zero attached hydrogens (tertiary/aromatic N) is 1. The standard InChI is InChI=1S/C14H17N3O3/c18-14(19)16-17-7-6-15-9-11(17)8-12-5-4-10-2-1-3-13(10)20-12/h1-5,11,15-16H,6-9H2,(H,18,19). The van der Waals surface area contributed by atoms with Crippen LogP contribution >= 0.6 is 0 Å². The van der Waals surface area contributed by atoms with Crippen LogP contribution in [0.25, 0.3) is 11.3 Å². The average molecular weight is 275 g/mol. The first-order chi connectivity index (χ1) is 9.72. The molecule has 6 nitrogen and oxygen atoms in total. The van der Waals surface area contributed by atoms with Gasteiger partial charge in [-0.15, -0.1) is 0 Å². The lowest BCUT2D eigenvalue weighted by atomic mass is 10.1. The van der Waals surface area contributed by atoms with Crippen LogP contribution in [0.4, 0.5) is 4.79 Å². The summed E-state index contributed by atoms with van der Waals surface area (Å²) in [7, 11) is 0. The van der Waals surface area contributed by atoms with Gasteiger partial charge in [0.05, 0.1) is 0 Å². The summed E-state index contributed by atoms with van der Waals surface area (Å²) in [6, 6.07) is 9.93. The maximum absolute atomic E-state index is 10.8. The number of hydrazine groups is 1. The van der Waals surface area contributed by atoms with E-state index in [2.05, 4.69) is 10.7 Å². The first-order valence-corrected chi connectivity index (χ1v) is 6.67. The van der Waals surface area contributed by atoms with Crippen molar-refractivity contribution in [2.24, 2.45) is 0 Å². The number of carboxylic acid groups (broad SMARTS) is 1. The lowest BCUT2D eigenvalue weighted by Crippen LogP contribution is -2.58. The molecule has 1 unspecified atom stereocenters. The summed E-state index contributed by atoms with van der Waals surface area (Å²) in [5.74, 6) is 1.72. The molecule has 0 aromatic carbocycles. The van der Waals surface area contributed by atoms with Crippen LogP contribution in [0.1, 0.15) is 5.76 Å². The Labute approximate surface area is 116 Å². The molecule has 0 aromatic heterocycles. The minimum Gasteiger partial charge on any atom is -0.464 e. The minimum absolute atomic E-state index is 0.0519. The zero-order valence-electron chi connectivity index (χ0n) is 11.0. The Morgan fingerprint density at radius 3 is 3.20 bits per heavy atom. The van der Waals surface area contributed by atoms with E-state index < -0.39 is 6.09 Å².